The van der Waals surface area contributed by atoms with E-state index in [0.717, 1.165) is 0 Å². The van der Waals surface area contributed by atoms with E-state index < -0.39 is 20.8 Å². The minimum atomic E-state index is -3.44. The number of sulfone groups is 1. The van der Waals surface area contributed by atoms with Gasteiger partial charge in [0.2, 0.25) is 5.91 Å². The lowest BCUT2D eigenvalue weighted by molar-refractivity contribution is -0.143. The predicted octanol–water partition coefficient (Wildman–Crippen LogP) is 2.22. The molecule has 1 fully saturated rings. The third-order valence-electron chi connectivity index (χ3n) is 5.09. The zero-order chi connectivity index (χ0) is 22.0. The standard InChI is InChI=1S/C21H32N2O5S/c1-20(2,3)19(25)22-11-12-23(21(4,5)15-22)18(24)16-7-9-17(10-8-16)29(26,27)14-13-28-6/h7-10H,11-15H2,1-6H3. The molecule has 1 aliphatic rings. The third-order valence-corrected chi connectivity index (χ3v) is 6.79. The van der Waals surface area contributed by atoms with Crippen molar-refractivity contribution in [3.8, 4) is 0 Å². The maximum absolute atomic E-state index is 13.1. The van der Waals surface area contributed by atoms with Gasteiger partial charge >= 0.3 is 0 Å². The van der Waals surface area contributed by atoms with Crippen LogP contribution in [0.25, 0.3) is 0 Å². The van der Waals surface area contributed by atoms with Gasteiger partial charge in [0.1, 0.15) is 0 Å². The van der Waals surface area contributed by atoms with Gasteiger partial charge in [-0.2, -0.15) is 0 Å². The molecular weight excluding hydrogens is 392 g/mol. The van der Waals surface area contributed by atoms with Crippen molar-refractivity contribution in [2.45, 2.75) is 45.1 Å². The highest BCUT2D eigenvalue weighted by atomic mass is 32.2. The van der Waals surface area contributed by atoms with E-state index in [1.54, 1.807) is 17.0 Å². The van der Waals surface area contributed by atoms with Gasteiger partial charge in [-0.3, -0.25) is 9.59 Å². The van der Waals surface area contributed by atoms with E-state index in [1.807, 2.05) is 39.5 Å². The number of piperazine rings is 1. The van der Waals surface area contributed by atoms with Crippen LogP contribution >= 0.6 is 0 Å². The largest absolute Gasteiger partial charge is 0.384 e. The number of nitrogens with zero attached hydrogens (tertiary/aromatic N) is 2. The van der Waals surface area contributed by atoms with Crippen LogP contribution in [0.4, 0.5) is 0 Å². The Hall–Kier alpha value is -1.93. The van der Waals surface area contributed by atoms with Crippen molar-refractivity contribution in [1.82, 2.24) is 9.80 Å². The van der Waals surface area contributed by atoms with Crippen LogP contribution in [0.2, 0.25) is 0 Å². The van der Waals surface area contributed by atoms with Crippen molar-refractivity contribution < 1.29 is 22.7 Å². The van der Waals surface area contributed by atoms with E-state index in [9.17, 15) is 18.0 Å². The number of ether oxygens (including phenoxy) is 1. The predicted molar refractivity (Wildman–Crippen MR) is 112 cm³/mol. The zero-order valence-corrected chi connectivity index (χ0v) is 19.0. The molecule has 1 saturated heterocycles. The van der Waals surface area contributed by atoms with E-state index in [2.05, 4.69) is 0 Å². The second-order valence-corrected chi connectivity index (χ2v) is 11.2. The molecule has 8 heteroatoms. The highest BCUT2D eigenvalue weighted by Crippen LogP contribution is 2.27. The molecule has 0 radical (unpaired) electrons. The Balaban J connectivity index is 2.15. The highest BCUT2D eigenvalue weighted by molar-refractivity contribution is 7.91. The number of carbonyl (C=O) groups excluding carboxylic acids is 2. The topological polar surface area (TPSA) is 84.0 Å². The van der Waals surface area contributed by atoms with Crippen LogP contribution < -0.4 is 0 Å². The van der Waals surface area contributed by atoms with Gasteiger partial charge in [0.25, 0.3) is 5.91 Å². The lowest BCUT2D eigenvalue weighted by atomic mass is 9.91. The van der Waals surface area contributed by atoms with Crippen molar-refractivity contribution in [2.75, 3.05) is 39.1 Å². The van der Waals surface area contributed by atoms with E-state index in [1.165, 1.54) is 19.2 Å². The lowest BCUT2D eigenvalue weighted by Crippen LogP contribution is -2.63. The SMILES string of the molecule is COCCS(=O)(=O)c1ccc(C(=O)N2CCN(C(=O)C(C)(C)C)CC2(C)C)cc1. The van der Waals surface area contributed by atoms with Crippen molar-refractivity contribution in [3.05, 3.63) is 29.8 Å². The highest BCUT2D eigenvalue weighted by Gasteiger charge is 2.40. The quantitative estimate of drug-likeness (QED) is 0.724. The van der Waals surface area contributed by atoms with Crippen LogP contribution in [-0.4, -0.2) is 74.7 Å². The minimum absolute atomic E-state index is 0.0725. The first kappa shape index (κ1) is 23.3. The fraction of sp³-hybridized carbons (Fsp3) is 0.619. The monoisotopic (exact) mass is 424 g/mol. The van der Waals surface area contributed by atoms with Gasteiger partial charge in [0.05, 0.1) is 22.8 Å². The normalized spacial score (nSPS) is 17.3. The second-order valence-electron chi connectivity index (χ2n) is 9.08. The molecule has 2 amide bonds. The molecule has 0 aliphatic carbocycles. The second kappa shape index (κ2) is 8.44. The molecular formula is C21H32N2O5S. The fourth-order valence-corrected chi connectivity index (χ4v) is 4.62. The summed E-state index contributed by atoms with van der Waals surface area (Å²) in [7, 11) is -1.99. The lowest BCUT2D eigenvalue weighted by Gasteiger charge is -2.48. The summed E-state index contributed by atoms with van der Waals surface area (Å²) in [5.41, 5.74) is -0.564. The van der Waals surface area contributed by atoms with Crippen LogP contribution in [0, 0.1) is 5.41 Å². The van der Waals surface area contributed by atoms with Gasteiger partial charge in [-0.1, -0.05) is 20.8 Å². The van der Waals surface area contributed by atoms with Crippen LogP contribution in [0.3, 0.4) is 0 Å². The summed E-state index contributed by atoms with van der Waals surface area (Å²) in [6, 6.07) is 6.02. The Kier molecular flexibility index (Phi) is 6.79. The summed E-state index contributed by atoms with van der Waals surface area (Å²) in [6.07, 6.45) is 0. The number of carbonyl (C=O) groups is 2. The Bertz CT molecular complexity index is 854. The van der Waals surface area contributed by atoms with Crippen molar-refractivity contribution in [3.63, 3.8) is 0 Å². The van der Waals surface area contributed by atoms with Gasteiger partial charge in [0, 0.05) is 37.7 Å². The molecule has 29 heavy (non-hydrogen) atoms. The molecule has 0 atom stereocenters. The average molecular weight is 425 g/mol. The first-order valence-electron chi connectivity index (χ1n) is 9.73. The summed E-state index contributed by atoms with van der Waals surface area (Å²) < 4.78 is 29.3. The number of benzene rings is 1. The van der Waals surface area contributed by atoms with Gasteiger partial charge in [0.15, 0.2) is 9.84 Å². The van der Waals surface area contributed by atoms with E-state index in [0.29, 0.717) is 25.2 Å². The van der Waals surface area contributed by atoms with Gasteiger partial charge in [-0.15, -0.1) is 0 Å². The van der Waals surface area contributed by atoms with Crippen molar-refractivity contribution in [1.29, 1.82) is 0 Å². The number of rotatable bonds is 5. The van der Waals surface area contributed by atoms with Crippen molar-refractivity contribution >= 4 is 21.7 Å². The number of methoxy groups -OCH3 is 1. The van der Waals surface area contributed by atoms with Gasteiger partial charge in [-0.05, 0) is 38.1 Å². The number of hydrogen-bond donors (Lipinski definition) is 0. The zero-order valence-electron chi connectivity index (χ0n) is 18.2. The first-order valence-corrected chi connectivity index (χ1v) is 11.4. The molecule has 0 saturated carbocycles. The minimum Gasteiger partial charge on any atom is -0.384 e. The molecule has 162 valence electrons. The Morgan fingerprint density at radius 3 is 2.17 bits per heavy atom. The maximum Gasteiger partial charge on any atom is 0.254 e. The van der Waals surface area contributed by atoms with Crippen LogP contribution in [0.15, 0.2) is 29.2 Å². The molecule has 0 unspecified atom stereocenters. The number of hydrogen-bond acceptors (Lipinski definition) is 5. The molecule has 1 aromatic carbocycles. The van der Waals surface area contributed by atoms with Crippen molar-refractivity contribution in [2.24, 2.45) is 5.41 Å². The number of amides is 2. The van der Waals surface area contributed by atoms with E-state index in [-0.39, 0.29) is 29.1 Å². The molecule has 1 heterocycles. The molecule has 1 aromatic rings. The molecule has 1 aliphatic heterocycles. The van der Waals surface area contributed by atoms with Crippen LogP contribution in [0.5, 0.6) is 0 Å². The summed E-state index contributed by atoms with van der Waals surface area (Å²) in [5.74, 6) is -0.199. The van der Waals surface area contributed by atoms with E-state index >= 15 is 0 Å². The Labute approximate surface area is 173 Å². The Morgan fingerprint density at radius 1 is 1.10 bits per heavy atom. The first-order chi connectivity index (χ1) is 13.3. The molecule has 0 N–H and O–H groups in total. The molecule has 0 bridgehead atoms. The summed E-state index contributed by atoms with van der Waals surface area (Å²) in [4.78, 5) is 29.4. The summed E-state index contributed by atoms with van der Waals surface area (Å²) >= 11 is 0. The molecule has 0 spiro atoms. The molecule has 2 rings (SSSR count). The smallest absolute Gasteiger partial charge is 0.254 e. The molecule has 0 aromatic heterocycles. The van der Waals surface area contributed by atoms with Gasteiger partial charge < -0.3 is 14.5 Å². The maximum atomic E-state index is 13.1. The summed E-state index contributed by atoms with van der Waals surface area (Å²) in [5, 5.41) is 0. The third kappa shape index (κ3) is 5.36. The van der Waals surface area contributed by atoms with Gasteiger partial charge in [-0.25, -0.2) is 8.42 Å². The Morgan fingerprint density at radius 2 is 1.69 bits per heavy atom. The summed E-state index contributed by atoms with van der Waals surface area (Å²) in [6.45, 7) is 11.0. The van der Waals surface area contributed by atoms with Crippen LogP contribution in [0.1, 0.15) is 45.0 Å². The molecule has 7 nitrogen and oxygen atoms in total. The fourth-order valence-electron chi connectivity index (χ4n) is 3.45. The van der Waals surface area contributed by atoms with E-state index in [4.69, 9.17) is 4.74 Å². The van der Waals surface area contributed by atoms with Crippen LogP contribution in [-0.2, 0) is 19.4 Å². The average Bonchev–Trinajstić information content (AvgIpc) is 2.64.